The van der Waals surface area contributed by atoms with E-state index in [2.05, 4.69) is 0 Å². The van der Waals surface area contributed by atoms with Gasteiger partial charge in [0.15, 0.2) is 0 Å². The first-order chi connectivity index (χ1) is 12.9. The van der Waals surface area contributed by atoms with Gasteiger partial charge in [0, 0.05) is 37.5 Å². The number of rotatable bonds is 3. The molecule has 3 atom stereocenters. The number of carboxylic acids is 1. The molecule has 0 bridgehead atoms. The van der Waals surface area contributed by atoms with E-state index in [1.807, 2.05) is 4.90 Å². The minimum Gasteiger partial charge on any atom is -0.477 e. The predicted octanol–water partition coefficient (Wildman–Crippen LogP) is 0.108. The van der Waals surface area contributed by atoms with Crippen molar-refractivity contribution in [1.82, 2.24) is 14.7 Å². The third kappa shape index (κ3) is 2.22. The van der Waals surface area contributed by atoms with Gasteiger partial charge in [0.1, 0.15) is 11.7 Å². The SMILES string of the molecule is CC(=O)N1CC2CC(/C=C3\CCN(C4CC4)C3=O)=C(C(=O)O)N3C(=O)C1[C@@H]23. The van der Waals surface area contributed by atoms with Gasteiger partial charge in [0.2, 0.25) is 11.8 Å². The molecule has 1 saturated carbocycles. The summed E-state index contributed by atoms with van der Waals surface area (Å²) in [6, 6.07) is -0.449. The average Bonchev–Trinajstić information content (AvgIpc) is 3.29. The van der Waals surface area contributed by atoms with Crippen molar-refractivity contribution in [2.45, 2.75) is 50.7 Å². The molecule has 5 rings (SSSR count). The number of allylic oxidation sites excluding steroid dienone is 2. The standard InChI is InChI=1S/C19H21N3O5/c1-9(23)21-8-12-7-11(6-10-4-5-20(17(10)24)13-2-3-13)15(19(26)27)22-14(12)16(21)18(22)25/h6,12-14,16H,2-5,7-8H2,1H3,(H,26,27)/b10-6+/t12?,14-,16?/m1/s1. The minimum absolute atomic E-state index is 0.0125. The molecule has 0 radical (unpaired) electrons. The first-order valence-corrected chi connectivity index (χ1v) is 9.46. The molecule has 4 aliphatic heterocycles. The lowest BCUT2D eigenvalue weighted by Gasteiger charge is -2.49. The predicted molar refractivity (Wildman–Crippen MR) is 92.0 cm³/mol. The van der Waals surface area contributed by atoms with Gasteiger partial charge in [0.05, 0.1) is 6.04 Å². The second kappa shape index (κ2) is 5.43. The maximum Gasteiger partial charge on any atom is 0.352 e. The van der Waals surface area contributed by atoms with Crippen molar-refractivity contribution >= 4 is 23.7 Å². The molecular formula is C19H21N3O5. The first-order valence-electron chi connectivity index (χ1n) is 9.46. The van der Waals surface area contributed by atoms with Crippen LogP contribution >= 0.6 is 0 Å². The van der Waals surface area contributed by atoms with E-state index < -0.39 is 12.0 Å². The molecule has 3 amide bonds. The molecule has 27 heavy (non-hydrogen) atoms. The highest BCUT2D eigenvalue weighted by atomic mass is 16.4. The second-order valence-corrected chi connectivity index (χ2v) is 8.11. The zero-order chi connectivity index (χ0) is 19.0. The van der Waals surface area contributed by atoms with E-state index in [0.717, 1.165) is 12.8 Å². The Morgan fingerprint density at radius 2 is 1.96 bits per heavy atom. The highest BCUT2D eigenvalue weighted by Gasteiger charge is 2.63. The van der Waals surface area contributed by atoms with Gasteiger partial charge in [-0.25, -0.2) is 4.79 Å². The van der Waals surface area contributed by atoms with Crippen molar-refractivity contribution in [3.05, 3.63) is 22.9 Å². The summed E-state index contributed by atoms with van der Waals surface area (Å²) in [5.74, 6) is -1.64. The summed E-state index contributed by atoms with van der Waals surface area (Å²) >= 11 is 0. The molecule has 4 heterocycles. The highest BCUT2D eigenvalue weighted by Crippen LogP contribution is 2.47. The molecule has 0 aromatic heterocycles. The number of aliphatic carboxylic acids is 1. The molecule has 0 aromatic carbocycles. The van der Waals surface area contributed by atoms with Crippen LogP contribution in [0.2, 0.25) is 0 Å². The summed E-state index contributed by atoms with van der Waals surface area (Å²) in [7, 11) is 0. The van der Waals surface area contributed by atoms with Crippen molar-refractivity contribution in [3.63, 3.8) is 0 Å². The number of carbonyl (C=O) groups excluding carboxylic acids is 3. The van der Waals surface area contributed by atoms with Crippen LogP contribution < -0.4 is 0 Å². The zero-order valence-electron chi connectivity index (χ0n) is 15.1. The van der Waals surface area contributed by atoms with Crippen LogP contribution in [-0.4, -0.2) is 74.7 Å². The Morgan fingerprint density at radius 1 is 1.22 bits per heavy atom. The summed E-state index contributed by atoms with van der Waals surface area (Å²) in [4.78, 5) is 53.8. The van der Waals surface area contributed by atoms with Crippen molar-refractivity contribution in [1.29, 1.82) is 0 Å². The third-order valence-electron chi connectivity index (χ3n) is 6.49. The van der Waals surface area contributed by atoms with E-state index in [1.165, 1.54) is 11.8 Å². The van der Waals surface area contributed by atoms with Crippen molar-refractivity contribution < 1.29 is 24.3 Å². The van der Waals surface area contributed by atoms with Crippen molar-refractivity contribution in [2.24, 2.45) is 5.92 Å². The smallest absolute Gasteiger partial charge is 0.352 e. The number of nitrogens with zero attached hydrogens (tertiary/aromatic N) is 3. The fourth-order valence-corrected chi connectivity index (χ4v) is 5.14. The van der Waals surface area contributed by atoms with Crippen LogP contribution in [-0.2, 0) is 19.2 Å². The fraction of sp³-hybridized carbons (Fsp3) is 0.579. The molecule has 0 aromatic rings. The molecule has 2 unspecified atom stereocenters. The normalized spacial score (nSPS) is 33.7. The van der Waals surface area contributed by atoms with Crippen LogP contribution in [0.5, 0.6) is 0 Å². The molecule has 1 N–H and O–H groups in total. The lowest BCUT2D eigenvalue weighted by molar-refractivity contribution is -0.159. The maximum absolute atomic E-state index is 12.6. The number of amides is 3. The largest absolute Gasteiger partial charge is 0.477 e. The Labute approximate surface area is 156 Å². The number of likely N-dealkylation sites (tertiary alicyclic amines) is 2. The number of carboxylic acid groups (broad SMARTS) is 1. The number of β-lactam (4-membered cyclic amide) rings is 1. The summed E-state index contributed by atoms with van der Waals surface area (Å²) in [5, 5.41) is 9.75. The Balaban J connectivity index is 1.50. The summed E-state index contributed by atoms with van der Waals surface area (Å²) in [6.45, 7) is 2.57. The molecule has 1 aliphatic carbocycles. The average molecular weight is 371 g/mol. The van der Waals surface area contributed by atoms with Gasteiger partial charge < -0.3 is 14.9 Å². The van der Waals surface area contributed by atoms with Gasteiger partial charge in [-0.15, -0.1) is 0 Å². The van der Waals surface area contributed by atoms with Gasteiger partial charge in [-0.2, -0.15) is 0 Å². The van der Waals surface area contributed by atoms with Gasteiger partial charge in [-0.1, -0.05) is 0 Å². The monoisotopic (exact) mass is 371 g/mol. The van der Waals surface area contributed by atoms with E-state index in [1.54, 1.807) is 11.0 Å². The zero-order valence-corrected chi connectivity index (χ0v) is 15.1. The Bertz CT molecular complexity index is 855. The van der Waals surface area contributed by atoms with Crippen LogP contribution in [0.15, 0.2) is 22.9 Å². The Kier molecular flexibility index (Phi) is 3.33. The van der Waals surface area contributed by atoms with E-state index in [0.29, 0.717) is 43.1 Å². The number of hydrogen-bond acceptors (Lipinski definition) is 4. The Morgan fingerprint density at radius 3 is 2.59 bits per heavy atom. The molecule has 4 fully saturated rings. The van der Waals surface area contributed by atoms with Gasteiger partial charge in [-0.05, 0) is 37.3 Å². The summed E-state index contributed by atoms with van der Waals surface area (Å²) in [5.41, 5.74) is 1.13. The van der Waals surface area contributed by atoms with Gasteiger partial charge in [-0.3, -0.25) is 19.3 Å². The first kappa shape index (κ1) is 16.5. The molecule has 5 aliphatic rings. The summed E-state index contributed by atoms with van der Waals surface area (Å²) in [6.07, 6.45) is 4.85. The van der Waals surface area contributed by atoms with Crippen LogP contribution in [0.3, 0.4) is 0 Å². The van der Waals surface area contributed by atoms with E-state index >= 15 is 0 Å². The molecule has 0 spiro atoms. The quantitative estimate of drug-likeness (QED) is 0.561. The van der Waals surface area contributed by atoms with E-state index in [4.69, 9.17) is 0 Å². The number of carbonyl (C=O) groups is 4. The van der Waals surface area contributed by atoms with Crippen LogP contribution in [0, 0.1) is 5.92 Å². The van der Waals surface area contributed by atoms with Crippen LogP contribution in [0.4, 0.5) is 0 Å². The number of hydrogen-bond donors (Lipinski definition) is 1. The molecule has 8 heteroatoms. The van der Waals surface area contributed by atoms with Crippen molar-refractivity contribution in [3.8, 4) is 0 Å². The Hall–Kier alpha value is -2.64. The van der Waals surface area contributed by atoms with Gasteiger partial charge in [0.25, 0.3) is 5.91 Å². The van der Waals surface area contributed by atoms with E-state index in [9.17, 15) is 24.3 Å². The van der Waals surface area contributed by atoms with Crippen LogP contribution in [0.25, 0.3) is 0 Å². The lowest BCUT2D eigenvalue weighted by atomic mass is 9.79. The van der Waals surface area contributed by atoms with E-state index in [-0.39, 0.29) is 35.4 Å². The minimum atomic E-state index is -1.15. The lowest BCUT2D eigenvalue weighted by Crippen LogP contribution is -2.69. The van der Waals surface area contributed by atoms with Crippen LogP contribution in [0.1, 0.15) is 32.6 Å². The summed E-state index contributed by atoms with van der Waals surface area (Å²) < 4.78 is 0. The van der Waals surface area contributed by atoms with Crippen molar-refractivity contribution in [2.75, 3.05) is 13.1 Å². The molecule has 8 nitrogen and oxygen atoms in total. The maximum atomic E-state index is 12.6. The second-order valence-electron chi connectivity index (χ2n) is 8.11. The highest BCUT2D eigenvalue weighted by molar-refractivity contribution is 6.03. The topological polar surface area (TPSA) is 98.2 Å². The fourth-order valence-electron chi connectivity index (χ4n) is 5.14. The molecular weight excluding hydrogens is 350 g/mol. The molecule has 3 saturated heterocycles. The third-order valence-corrected chi connectivity index (χ3v) is 6.49. The van der Waals surface area contributed by atoms with Gasteiger partial charge >= 0.3 is 5.97 Å². The molecule has 142 valence electrons.